The van der Waals surface area contributed by atoms with Crippen LogP contribution in [0.4, 0.5) is 0 Å². The number of rotatable bonds is 10. The summed E-state index contributed by atoms with van der Waals surface area (Å²) in [6.45, 7) is 5.26. The van der Waals surface area contributed by atoms with Gasteiger partial charge in [-0.15, -0.1) is 0 Å². The molecular weight excluding hydrogens is 278 g/mol. The van der Waals surface area contributed by atoms with Crippen molar-refractivity contribution in [3.05, 3.63) is 35.9 Å². The Labute approximate surface area is 133 Å². The van der Waals surface area contributed by atoms with Crippen molar-refractivity contribution < 1.29 is 14.7 Å². The molecular formula is C18H27NO3. The van der Waals surface area contributed by atoms with E-state index in [0.29, 0.717) is 31.8 Å². The van der Waals surface area contributed by atoms with Crippen molar-refractivity contribution in [2.45, 2.75) is 52.5 Å². The third-order valence-electron chi connectivity index (χ3n) is 4.01. The SMILES string of the molecule is CCC(CC)CC(=O)N(CCCC(=O)O)Cc1ccccc1. The first kappa shape index (κ1) is 18.2. The lowest BCUT2D eigenvalue weighted by Gasteiger charge is -2.25. The molecule has 0 heterocycles. The minimum absolute atomic E-state index is 0.101. The zero-order valence-corrected chi connectivity index (χ0v) is 13.6. The number of benzene rings is 1. The molecule has 0 aliphatic carbocycles. The maximum atomic E-state index is 12.5. The van der Waals surface area contributed by atoms with E-state index in [9.17, 15) is 9.59 Å². The molecule has 4 heteroatoms. The average molecular weight is 305 g/mol. The molecule has 0 saturated heterocycles. The number of aliphatic carboxylic acids is 1. The van der Waals surface area contributed by atoms with E-state index in [2.05, 4.69) is 13.8 Å². The van der Waals surface area contributed by atoms with Gasteiger partial charge in [-0.2, -0.15) is 0 Å². The van der Waals surface area contributed by atoms with Crippen LogP contribution in [-0.2, 0) is 16.1 Å². The Bertz CT molecular complexity index is 455. The summed E-state index contributed by atoms with van der Waals surface area (Å²) in [6, 6.07) is 9.85. The van der Waals surface area contributed by atoms with Crippen LogP contribution in [0.15, 0.2) is 30.3 Å². The molecule has 0 aliphatic heterocycles. The highest BCUT2D eigenvalue weighted by Gasteiger charge is 2.17. The zero-order valence-electron chi connectivity index (χ0n) is 13.6. The number of carbonyl (C=O) groups is 2. The van der Waals surface area contributed by atoms with Gasteiger partial charge < -0.3 is 10.0 Å². The third-order valence-corrected chi connectivity index (χ3v) is 4.01. The highest BCUT2D eigenvalue weighted by molar-refractivity contribution is 5.76. The number of nitrogens with zero attached hydrogens (tertiary/aromatic N) is 1. The third kappa shape index (κ3) is 6.74. The highest BCUT2D eigenvalue weighted by Crippen LogP contribution is 2.16. The summed E-state index contributed by atoms with van der Waals surface area (Å²) in [5, 5.41) is 8.77. The fourth-order valence-electron chi connectivity index (χ4n) is 2.47. The lowest BCUT2D eigenvalue weighted by atomic mass is 9.98. The van der Waals surface area contributed by atoms with Crippen molar-refractivity contribution in [1.29, 1.82) is 0 Å². The van der Waals surface area contributed by atoms with Gasteiger partial charge in [0.05, 0.1) is 0 Å². The van der Waals surface area contributed by atoms with E-state index in [-0.39, 0.29) is 12.3 Å². The second kappa shape index (κ2) is 9.98. The summed E-state index contributed by atoms with van der Waals surface area (Å²) >= 11 is 0. The molecule has 1 amide bonds. The zero-order chi connectivity index (χ0) is 16.4. The number of carboxylic acid groups (broad SMARTS) is 1. The van der Waals surface area contributed by atoms with E-state index < -0.39 is 5.97 Å². The standard InChI is InChI=1S/C18H27NO3/c1-3-15(4-2)13-17(20)19(12-8-11-18(21)22)14-16-9-6-5-7-10-16/h5-7,9-10,15H,3-4,8,11-14H2,1-2H3,(H,21,22). The summed E-state index contributed by atoms with van der Waals surface area (Å²) in [5.74, 6) is -0.278. The Hall–Kier alpha value is -1.84. The van der Waals surface area contributed by atoms with Crippen LogP contribution >= 0.6 is 0 Å². The summed E-state index contributed by atoms with van der Waals surface area (Å²) in [5.41, 5.74) is 1.08. The highest BCUT2D eigenvalue weighted by atomic mass is 16.4. The molecule has 122 valence electrons. The molecule has 0 spiro atoms. The van der Waals surface area contributed by atoms with Crippen molar-refractivity contribution in [1.82, 2.24) is 4.90 Å². The van der Waals surface area contributed by atoms with E-state index in [0.717, 1.165) is 18.4 Å². The molecule has 0 radical (unpaired) electrons. The van der Waals surface area contributed by atoms with Crippen LogP contribution < -0.4 is 0 Å². The average Bonchev–Trinajstić information content (AvgIpc) is 2.52. The molecule has 4 nitrogen and oxygen atoms in total. The summed E-state index contributed by atoms with van der Waals surface area (Å²) in [6.07, 6.45) is 3.14. The van der Waals surface area contributed by atoms with Crippen molar-refractivity contribution in [2.75, 3.05) is 6.54 Å². The quantitative estimate of drug-likeness (QED) is 0.717. The van der Waals surface area contributed by atoms with Crippen LogP contribution in [0.2, 0.25) is 0 Å². The second-order valence-corrected chi connectivity index (χ2v) is 5.68. The van der Waals surface area contributed by atoms with Gasteiger partial charge in [-0.25, -0.2) is 0 Å². The first-order chi connectivity index (χ1) is 10.6. The number of carbonyl (C=O) groups excluding carboxylic acids is 1. The fraction of sp³-hybridized carbons (Fsp3) is 0.556. The minimum atomic E-state index is -0.813. The van der Waals surface area contributed by atoms with Gasteiger partial charge in [-0.05, 0) is 17.9 Å². The van der Waals surface area contributed by atoms with Crippen molar-refractivity contribution >= 4 is 11.9 Å². The van der Waals surface area contributed by atoms with Crippen molar-refractivity contribution in [2.24, 2.45) is 5.92 Å². The molecule has 1 aromatic carbocycles. The van der Waals surface area contributed by atoms with E-state index in [1.807, 2.05) is 30.3 Å². The molecule has 0 atom stereocenters. The lowest BCUT2D eigenvalue weighted by molar-refractivity contribution is -0.138. The van der Waals surface area contributed by atoms with Crippen molar-refractivity contribution in [3.8, 4) is 0 Å². The van der Waals surface area contributed by atoms with Crippen LogP contribution in [-0.4, -0.2) is 28.4 Å². The molecule has 0 aromatic heterocycles. The fourth-order valence-corrected chi connectivity index (χ4v) is 2.47. The molecule has 1 aromatic rings. The summed E-state index contributed by atoms with van der Waals surface area (Å²) in [7, 11) is 0. The monoisotopic (exact) mass is 305 g/mol. The summed E-state index contributed by atoms with van der Waals surface area (Å²) in [4.78, 5) is 25.0. The van der Waals surface area contributed by atoms with Gasteiger partial charge in [-0.3, -0.25) is 9.59 Å². The van der Waals surface area contributed by atoms with Crippen LogP contribution in [0, 0.1) is 5.92 Å². The van der Waals surface area contributed by atoms with Gasteiger partial charge >= 0.3 is 5.97 Å². The minimum Gasteiger partial charge on any atom is -0.481 e. The smallest absolute Gasteiger partial charge is 0.303 e. The van der Waals surface area contributed by atoms with Gasteiger partial charge in [0.15, 0.2) is 0 Å². The summed E-state index contributed by atoms with van der Waals surface area (Å²) < 4.78 is 0. The number of hydrogen-bond donors (Lipinski definition) is 1. The Morgan fingerprint density at radius 3 is 2.32 bits per heavy atom. The van der Waals surface area contributed by atoms with E-state index in [1.165, 1.54) is 0 Å². The number of amides is 1. The van der Waals surface area contributed by atoms with Gasteiger partial charge in [0.25, 0.3) is 0 Å². The Balaban J connectivity index is 2.67. The normalized spacial score (nSPS) is 10.7. The van der Waals surface area contributed by atoms with Crippen LogP contribution in [0.25, 0.3) is 0 Å². The van der Waals surface area contributed by atoms with E-state index in [1.54, 1.807) is 4.90 Å². The molecule has 1 N–H and O–H groups in total. The van der Waals surface area contributed by atoms with Crippen molar-refractivity contribution in [3.63, 3.8) is 0 Å². The van der Waals surface area contributed by atoms with E-state index in [4.69, 9.17) is 5.11 Å². The Kier molecular flexibility index (Phi) is 8.26. The van der Waals surface area contributed by atoms with E-state index >= 15 is 0 Å². The second-order valence-electron chi connectivity index (χ2n) is 5.68. The first-order valence-corrected chi connectivity index (χ1v) is 8.10. The maximum Gasteiger partial charge on any atom is 0.303 e. The molecule has 22 heavy (non-hydrogen) atoms. The molecule has 0 saturated carbocycles. The van der Waals surface area contributed by atoms with Crippen LogP contribution in [0.1, 0.15) is 51.5 Å². The molecule has 0 fully saturated rings. The topological polar surface area (TPSA) is 57.6 Å². The Morgan fingerprint density at radius 1 is 1.14 bits per heavy atom. The van der Waals surface area contributed by atoms with Gasteiger partial charge in [0.2, 0.25) is 5.91 Å². The largest absolute Gasteiger partial charge is 0.481 e. The molecule has 0 aliphatic rings. The van der Waals surface area contributed by atoms with Crippen LogP contribution in [0.3, 0.4) is 0 Å². The maximum absolute atomic E-state index is 12.5. The molecule has 1 rings (SSSR count). The number of carboxylic acids is 1. The Morgan fingerprint density at radius 2 is 1.77 bits per heavy atom. The molecule has 0 bridgehead atoms. The van der Waals surface area contributed by atoms with Gasteiger partial charge in [-0.1, -0.05) is 57.0 Å². The number of hydrogen-bond acceptors (Lipinski definition) is 2. The predicted molar refractivity (Wildman–Crippen MR) is 87.4 cm³/mol. The predicted octanol–water partition coefficient (Wildman–Crippen LogP) is 3.71. The van der Waals surface area contributed by atoms with Crippen LogP contribution in [0.5, 0.6) is 0 Å². The molecule has 0 unspecified atom stereocenters. The lowest BCUT2D eigenvalue weighted by Crippen LogP contribution is -2.33. The first-order valence-electron chi connectivity index (χ1n) is 8.10. The van der Waals surface area contributed by atoms with Gasteiger partial charge in [0, 0.05) is 25.9 Å². The van der Waals surface area contributed by atoms with Gasteiger partial charge in [0.1, 0.15) is 0 Å².